The molecule has 2 atom stereocenters. The summed E-state index contributed by atoms with van der Waals surface area (Å²) in [7, 11) is 1.61. The van der Waals surface area contributed by atoms with Gasteiger partial charge in [-0.25, -0.2) is 0 Å². The Bertz CT molecular complexity index is 716. The van der Waals surface area contributed by atoms with Crippen molar-refractivity contribution in [2.75, 3.05) is 20.3 Å². The van der Waals surface area contributed by atoms with Crippen molar-refractivity contribution in [3.8, 4) is 23.0 Å². The molecule has 25 heavy (non-hydrogen) atoms. The number of para-hydroxylation sites is 2. The molecule has 0 fully saturated rings. The van der Waals surface area contributed by atoms with Gasteiger partial charge in [0.05, 0.1) is 13.2 Å². The molecule has 6 nitrogen and oxygen atoms in total. The van der Waals surface area contributed by atoms with Crippen LogP contribution >= 0.6 is 0 Å². The summed E-state index contributed by atoms with van der Waals surface area (Å²) < 4.78 is 22.0. The van der Waals surface area contributed by atoms with E-state index in [1.54, 1.807) is 13.2 Å². The summed E-state index contributed by atoms with van der Waals surface area (Å²) in [6, 6.07) is 14.4. The van der Waals surface area contributed by atoms with Crippen molar-refractivity contribution in [1.82, 2.24) is 5.32 Å². The van der Waals surface area contributed by atoms with Crippen LogP contribution in [0.2, 0.25) is 0 Å². The Morgan fingerprint density at radius 1 is 1.16 bits per heavy atom. The molecule has 1 amide bonds. The van der Waals surface area contributed by atoms with Gasteiger partial charge in [0.15, 0.2) is 11.5 Å². The molecular formula is C19H21NO5. The second kappa shape index (κ2) is 7.79. The summed E-state index contributed by atoms with van der Waals surface area (Å²) in [6.45, 7) is 2.41. The van der Waals surface area contributed by atoms with Crippen LogP contribution < -0.4 is 24.3 Å². The fraction of sp³-hybridized carbons (Fsp3) is 0.316. The molecule has 0 aliphatic carbocycles. The molecule has 1 heterocycles. The molecule has 1 aliphatic heterocycles. The Morgan fingerprint density at radius 3 is 2.56 bits per heavy atom. The minimum Gasteiger partial charge on any atom is -0.497 e. The highest BCUT2D eigenvalue weighted by Crippen LogP contribution is 2.30. The van der Waals surface area contributed by atoms with Crippen molar-refractivity contribution in [2.45, 2.75) is 19.1 Å². The van der Waals surface area contributed by atoms with Crippen molar-refractivity contribution in [1.29, 1.82) is 0 Å². The third-order valence-electron chi connectivity index (χ3n) is 3.75. The number of nitrogens with one attached hydrogen (secondary N) is 1. The average Bonchev–Trinajstić information content (AvgIpc) is 2.66. The third-order valence-corrected chi connectivity index (χ3v) is 3.75. The van der Waals surface area contributed by atoms with E-state index in [0.29, 0.717) is 23.9 Å². The van der Waals surface area contributed by atoms with Crippen molar-refractivity contribution in [3.63, 3.8) is 0 Å². The van der Waals surface area contributed by atoms with Crippen LogP contribution in [-0.4, -0.2) is 38.4 Å². The number of rotatable bonds is 6. The van der Waals surface area contributed by atoms with Crippen LogP contribution in [0.1, 0.15) is 6.92 Å². The molecule has 0 bridgehead atoms. The van der Waals surface area contributed by atoms with E-state index >= 15 is 0 Å². The predicted molar refractivity (Wildman–Crippen MR) is 92.4 cm³/mol. The summed E-state index contributed by atoms with van der Waals surface area (Å²) in [5, 5.41) is 2.88. The van der Waals surface area contributed by atoms with Crippen LogP contribution in [0, 0.1) is 0 Å². The summed E-state index contributed by atoms with van der Waals surface area (Å²) in [4.78, 5) is 12.3. The third kappa shape index (κ3) is 4.35. The number of methoxy groups -OCH3 is 1. The highest BCUT2D eigenvalue weighted by atomic mass is 16.6. The number of benzene rings is 2. The lowest BCUT2D eigenvalue weighted by atomic mass is 10.2. The summed E-state index contributed by atoms with van der Waals surface area (Å²) in [5.41, 5.74) is 0. The van der Waals surface area contributed by atoms with Crippen molar-refractivity contribution < 1.29 is 23.7 Å². The van der Waals surface area contributed by atoms with E-state index in [-0.39, 0.29) is 18.6 Å². The van der Waals surface area contributed by atoms with Crippen LogP contribution in [0.4, 0.5) is 0 Å². The minimum absolute atomic E-state index is 0.171. The van der Waals surface area contributed by atoms with Crippen molar-refractivity contribution in [3.05, 3.63) is 48.5 Å². The Hall–Kier alpha value is -2.89. The van der Waals surface area contributed by atoms with Gasteiger partial charge < -0.3 is 24.3 Å². The summed E-state index contributed by atoms with van der Waals surface area (Å²) in [6.07, 6.45) is -0.668. The minimum atomic E-state index is -0.668. The van der Waals surface area contributed by atoms with E-state index in [2.05, 4.69) is 5.32 Å². The first-order valence-corrected chi connectivity index (χ1v) is 8.11. The zero-order valence-corrected chi connectivity index (χ0v) is 14.2. The first-order valence-electron chi connectivity index (χ1n) is 8.11. The monoisotopic (exact) mass is 343 g/mol. The van der Waals surface area contributed by atoms with Gasteiger partial charge in [0.2, 0.25) is 6.10 Å². The molecule has 0 saturated carbocycles. The predicted octanol–water partition coefficient (Wildman–Crippen LogP) is 2.42. The number of hydrogen-bond acceptors (Lipinski definition) is 5. The molecule has 2 aromatic rings. The molecule has 1 N–H and O–H groups in total. The maximum absolute atomic E-state index is 12.3. The van der Waals surface area contributed by atoms with Gasteiger partial charge >= 0.3 is 0 Å². The van der Waals surface area contributed by atoms with Gasteiger partial charge in [-0.3, -0.25) is 4.79 Å². The quantitative estimate of drug-likeness (QED) is 0.873. The van der Waals surface area contributed by atoms with Gasteiger partial charge in [0.25, 0.3) is 5.91 Å². The summed E-state index contributed by atoms with van der Waals surface area (Å²) >= 11 is 0. The van der Waals surface area contributed by atoms with Crippen molar-refractivity contribution in [2.24, 2.45) is 0 Å². The van der Waals surface area contributed by atoms with Gasteiger partial charge in [-0.2, -0.15) is 0 Å². The molecule has 1 aliphatic rings. The van der Waals surface area contributed by atoms with Crippen LogP contribution in [0.25, 0.3) is 0 Å². The maximum Gasteiger partial charge on any atom is 0.265 e. The topological polar surface area (TPSA) is 66.0 Å². The molecule has 6 heteroatoms. The Balaban J connectivity index is 1.47. The molecule has 0 aromatic heterocycles. The fourth-order valence-corrected chi connectivity index (χ4v) is 2.42. The standard InChI is InChI=1S/C19H21NO5/c1-13(11-23-15-9-7-14(22-2)8-10-15)20-19(21)18-12-24-16-5-3-4-6-17(16)25-18/h3-10,13,18H,11-12H2,1-2H3,(H,20,21)/t13-,18+/m0/s1. The summed E-state index contributed by atoms with van der Waals surface area (Å²) in [5.74, 6) is 2.50. The SMILES string of the molecule is COc1ccc(OC[C@H](C)NC(=O)[C@H]2COc3ccccc3O2)cc1. The zero-order valence-electron chi connectivity index (χ0n) is 14.2. The zero-order chi connectivity index (χ0) is 17.6. The lowest BCUT2D eigenvalue weighted by molar-refractivity contribution is -0.131. The molecule has 0 spiro atoms. The second-order valence-electron chi connectivity index (χ2n) is 5.76. The van der Waals surface area contributed by atoms with E-state index in [1.165, 1.54) is 0 Å². The van der Waals surface area contributed by atoms with E-state index < -0.39 is 6.10 Å². The first kappa shape index (κ1) is 17.0. The fourth-order valence-electron chi connectivity index (χ4n) is 2.42. The van der Waals surface area contributed by atoms with E-state index in [9.17, 15) is 4.79 Å². The Kier molecular flexibility index (Phi) is 5.28. The van der Waals surface area contributed by atoms with Crippen LogP contribution in [-0.2, 0) is 4.79 Å². The largest absolute Gasteiger partial charge is 0.497 e. The molecule has 3 rings (SSSR count). The lowest BCUT2D eigenvalue weighted by Gasteiger charge is -2.26. The van der Waals surface area contributed by atoms with Crippen LogP contribution in [0.15, 0.2) is 48.5 Å². The number of amides is 1. The number of carbonyl (C=O) groups is 1. The first-order chi connectivity index (χ1) is 12.2. The molecule has 0 saturated heterocycles. The number of ether oxygens (including phenoxy) is 4. The van der Waals surface area contributed by atoms with E-state index in [0.717, 1.165) is 5.75 Å². The number of fused-ring (bicyclic) bond motifs is 1. The van der Waals surface area contributed by atoms with Gasteiger partial charge in [0, 0.05) is 0 Å². The van der Waals surface area contributed by atoms with Gasteiger partial charge in [-0.1, -0.05) is 12.1 Å². The molecular weight excluding hydrogens is 322 g/mol. The Labute approximate surface area is 146 Å². The van der Waals surface area contributed by atoms with Gasteiger partial charge in [-0.05, 0) is 43.3 Å². The normalized spacial score (nSPS) is 16.6. The van der Waals surface area contributed by atoms with Crippen LogP contribution in [0.5, 0.6) is 23.0 Å². The average molecular weight is 343 g/mol. The smallest absolute Gasteiger partial charge is 0.265 e. The second-order valence-corrected chi connectivity index (χ2v) is 5.76. The molecule has 0 unspecified atom stereocenters. The molecule has 132 valence electrons. The lowest BCUT2D eigenvalue weighted by Crippen LogP contribution is -2.48. The van der Waals surface area contributed by atoms with Crippen molar-refractivity contribution >= 4 is 5.91 Å². The Morgan fingerprint density at radius 2 is 1.84 bits per heavy atom. The van der Waals surface area contributed by atoms with Gasteiger partial charge in [0.1, 0.15) is 24.7 Å². The number of hydrogen-bond donors (Lipinski definition) is 1. The molecule has 0 radical (unpaired) electrons. The number of carbonyl (C=O) groups excluding carboxylic acids is 1. The highest BCUT2D eigenvalue weighted by Gasteiger charge is 2.28. The van der Waals surface area contributed by atoms with E-state index in [1.807, 2.05) is 49.4 Å². The molecule has 2 aromatic carbocycles. The highest BCUT2D eigenvalue weighted by molar-refractivity contribution is 5.82. The van der Waals surface area contributed by atoms with Crippen LogP contribution in [0.3, 0.4) is 0 Å². The maximum atomic E-state index is 12.3. The van der Waals surface area contributed by atoms with E-state index in [4.69, 9.17) is 18.9 Å². The van der Waals surface area contributed by atoms with Gasteiger partial charge in [-0.15, -0.1) is 0 Å².